The number of amidine groups is 1. The topological polar surface area (TPSA) is 87.2 Å². The molecule has 0 bridgehead atoms. The third kappa shape index (κ3) is 3.77. The molecular formula is C13H20FN3O2S. The van der Waals surface area contributed by atoms with Gasteiger partial charge in [-0.2, -0.15) is 4.31 Å². The standard InChI is InChI=1S/C13H20FN3O2S/c1-9(2)17(7-6-13(15)16)20(18,19)12-5-4-11(14)8-10(12)3/h4-5,8-9H,6-7H2,1-3H3,(H3,15,16). The first kappa shape index (κ1) is 16.6. The molecule has 3 N–H and O–H groups in total. The molecule has 0 atom stereocenters. The SMILES string of the molecule is Cc1cc(F)ccc1S(=O)(=O)N(CCC(=N)N)C(C)C. The molecule has 7 heteroatoms. The van der Waals surface area contributed by atoms with Gasteiger partial charge in [-0.05, 0) is 44.5 Å². The van der Waals surface area contributed by atoms with Gasteiger partial charge in [0.15, 0.2) is 0 Å². The lowest BCUT2D eigenvalue weighted by Crippen LogP contribution is -2.39. The summed E-state index contributed by atoms with van der Waals surface area (Å²) in [6.07, 6.45) is 0.164. The minimum atomic E-state index is -3.73. The molecule has 1 aromatic rings. The van der Waals surface area contributed by atoms with Crippen LogP contribution in [0.1, 0.15) is 25.8 Å². The second-order valence-electron chi connectivity index (χ2n) is 4.89. The molecule has 0 aliphatic rings. The highest BCUT2D eigenvalue weighted by atomic mass is 32.2. The van der Waals surface area contributed by atoms with Gasteiger partial charge in [-0.1, -0.05) is 0 Å². The molecule has 0 heterocycles. The fraction of sp³-hybridized carbons (Fsp3) is 0.462. The van der Waals surface area contributed by atoms with Crippen LogP contribution in [0.4, 0.5) is 4.39 Å². The highest BCUT2D eigenvalue weighted by Gasteiger charge is 2.28. The first-order valence-electron chi connectivity index (χ1n) is 6.27. The van der Waals surface area contributed by atoms with Crippen molar-refractivity contribution < 1.29 is 12.8 Å². The van der Waals surface area contributed by atoms with E-state index >= 15 is 0 Å². The molecule has 20 heavy (non-hydrogen) atoms. The second kappa shape index (κ2) is 6.32. The number of benzene rings is 1. The van der Waals surface area contributed by atoms with Gasteiger partial charge in [0.1, 0.15) is 5.82 Å². The predicted molar refractivity (Wildman–Crippen MR) is 76.7 cm³/mol. The van der Waals surface area contributed by atoms with E-state index in [1.807, 2.05) is 0 Å². The van der Waals surface area contributed by atoms with Crippen molar-refractivity contribution in [3.63, 3.8) is 0 Å². The van der Waals surface area contributed by atoms with Crippen LogP contribution < -0.4 is 5.73 Å². The van der Waals surface area contributed by atoms with E-state index in [2.05, 4.69) is 0 Å². The molecule has 1 rings (SSSR count). The van der Waals surface area contributed by atoms with Crippen molar-refractivity contribution in [3.8, 4) is 0 Å². The third-order valence-electron chi connectivity index (χ3n) is 2.90. The summed E-state index contributed by atoms with van der Waals surface area (Å²) in [7, 11) is -3.73. The van der Waals surface area contributed by atoms with Crippen molar-refractivity contribution in [1.82, 2.24) is 4.31 Å². The lowest BCUT2D eigenvalue weighted by molar-refractivity contribution is 0.361. The smallest absolute Gasteiger partial charge is 0.243 e. The van der Waals surface area contributed by atoms with E-state index in [0.29, 0.717) is 5.56 Å². The Labute approximate surface area is 119 Å². The monoisotopic (exact) mass is 301 g/mol. The van der Waals surface area contributed by atoms with E-state index in [9.17, 15) is 12.8 Å². The highest BCUT2D eigenvalue weighted by Crippen LogP contribution is 2.22. The van der Waals surface area contributed by atoms with Crippen LogP contribution in [0.25, 0.3) is 0 Å². The summed E-state index contributed by atoms with van der Waals surface area (Å²) in [4.78, 5) is 0.0798. The van der Waals surface area contributed by atoms with Gasteiger partial charge in [-0.25, -0.2) is 12.8 Å². The third-order valence-corrected chi connectivity index (χ3v) is 5.14. The zero-order valence-corrected chi connectivity index (χ0v) is 12.7. The molecular weight excluding hydrogens is 281 g/mol. The van der Waals surface area contributed by atoms with Crippen molar-refractivity contribution in [3.05, 3.63) is 29.6 Å². The fourth-order valence-corrected chi connectivity index (χ4v) is 3.76. The van der Waals surface area contributed by atoms with Crippen LogP contribution in [0.15, 0.2) is 23.1 Å². The molecule has 0 unspecified atom stereocenters. The van der Waals surface area contributed by atoms with E-state index in [1.54, 1.807) is 20.8 Å². The molecule has 0 aromatic heterocycles. The molecule has 0 aliphatic carbocycles. The molecule has 0 saturated heterocycles. The Kier molecular flexibility index (Phi) is 5.24. The predicted octanol–water partition coefficient (Wildman–Crippen LogP) is 1.86. The number of hydrogen-bond donors (Lipinski definition) is 2. The molecule has 0 amide bonds. The van der Waals surface area contributed by atoms with Crippen LogP contribution in [0.3, 0.4) is 0 Å². The van der Waals surface area contributed by atoms with E-state index in [4.69, 9.17) is 11.1 Å². The summed E-state index contributed by atoms with van der Waals surface area (Å²) in [6.45, 7) is 5.18. The Hall–Kier alpha value is -1.47. The lowest BCUT2D eigenvalue weighted by Gasteiger charge is -2.26. The average molecular weight is 301 g/mol. The Balaban J connectivity index is 3.19. The van der Waals surface area contributed by atoms with Gasteiger partial charge in [-0.15, -0.1) is 0 Å². The zero-order valence-electron chi connectivity index (χ0n) is 11.9. The van der Waals surface area contributed by atoms with Gasteiger partial charge in [0.05, 0.1) is 10.7 Å². The molecule has 1 aromatic carbocycles. The van der Waals surface area contributed by atoms with Gasteiger partial charge in [0.2, 0.25) is 10.0 Å². The van der Waals surface area contributed by atoms with Gasteiger partial charge < -0.3 is 5.73 Å². The summed E-state index contributed by atoms with van der Waals surface area (Å²) in [6, 6.07) is 3.31. The maximum Gasteiger partial charge on any atom is 0.243 e. The van der Waals surface area contributed by atoms with E-state index in [0.717, 1.165) is 6.07 Å². The largest absolute Gasteiger partial charge is 0.388 e. The van der Waals surface area contributed by atoms with Crippen molar-refractivity contribution in [2.75, 3.05) is 6.54 Å². The number of nitrogens with one attached hydrogen (secondary N) is 1. The van der Waals surface area contributed by atoms with E-state index in [-0.39, 0.29) is 29.7 Å². The van der Waals surface area contributed by atoms with Gasteiger partial charge in [-0.3, -0.25) is 5.41 Å². The Morgan fingerprint density at radius 3 is 2.50 bits per heavy atom. The van der Waals surface area contributed by atoms with Crippen LogP contribution in [0.5, 0.6) is 0 Å². The number of nitrogens with two attached hydrogens (primary N) is 1. The quantitative estimate of drug-likeness (QED) is 0.621. The molecule has 0 fully saturated rings. The van der Waals surface area contributed by atoms with Crippen molar-refractivity contribution in [2.45, 2.75) is 38.1 Å². The van der Waals surface area contributed by atoms with Crippen molar-refractivity contribution >= 4 is 15.9 Å². The molecule has 0 saturated carbocycles. The van der Waals surface area contributed by atoms with Crippen LogP contribution in [-0.2, 0) is 10.0 Å². The van der Waals surface area contributed by atoms with Crippen LogP contribution in [0.2, 0.25) is 0 Å². The Morgan fingerprint density at radius 1 is 1.45 bits per heavy atom. The van der Waals surface area contributed by atoms with Crippen LogP contribution in [0, 0.1) is 18.2 Å². The lowest BCUT2D eigenvalue weighted by atomic mass is 10.2. The molecule has 5 nitrogen and oxygen atoms in total. The first-order chi connectivity index (χ1) is 9.16. The first-order valence-corrected chi connectivity index (χ1v) is 7.71. The number of halogens is 1. The summed E-state index contributed by atoms with van der Waals surface area (Å²) < 4.78 is 39.6. The van der Waals surface area contributed by atoms with Crippen molar-refractivity contribution in [1.29, 1.82) is 5.41 Å². The normalized spacial score (nSPS) is 12.1. The summed E-state index contributed by atoms with van der Waals surface area (Å²) >= 11 is 0. The molecule has 0 aliphatic heterocycles. The number of nitrogens with zero attached hydrogens (tertiary/aromatic N) is 1. The van der Waals surface area contributed by atoms with Crippen LogP contribution in [-0.4, -0.2) is 31.1 Å². The number of sulfonamides is 1. The maximum atomic E-state index is 13.1. The number of hydrogen-bond acceptors (Lipinski definition) is 3. The van der Waals surface area contributed by atoms with Gasteiger partial charge in [0, 0.05) is 19.0 Å². The molecule has 0 spiro atoms. The van der Waals surface area contributed by atoms with E-state index in [1.165, 1.54) is 16.4 Å². The number of rotatable bonds is 6. The minimum Gasteiger partial charge on any atom is -0.388 e. The number of aryl methyl sites for hydroxylation is 1. The zero-order chi connectivity index (χ0) is 15.5. The van der Waals surface area contributed by atoms with E-state index < -0.39 is 15.8 Å². The van der Waals surface area contributed by atoms with Gasteiger partial charge in [0.25, 0.3) is 0 Å². The average Bonchev–Trinajstić information content (AvgIpc) is 2.26. The highest BCUT2D eigenvalue weighted by molar-refractivity contribution is 7.89. The fourth-order valence-electron chi connectivity index (χ4n) is 1.92. The second-order valence-corrected chi connectivity index (χ2v) is 6.75. The van der Waals surface area contributed by atoms with Crippen LogP contribution >= 0.6 is 0 Å². The molecule has 0 radical (unpaired) electrons. The Morgan fingerprint density at radius 2 is 2.05 bits per heavy atom. The maximum absolute atomic E-state index is 13.1. The van der Waals surface area contributed by atoms with Gasteiger partial charge >= 0.3 is 0 Å². The summed E-state index contributed by atoms with van der Waals surface area (Å²) in [5.74, 6) is -0.539. The summed E-state index contributed by atoms with van der Waals surface area (Å²) in [5, 5.41) is 7.21. The summed E-state index contributed by atoms with van der Waals surface area (Å²) in [5.41, 5.74) is 5.64. The minimum absolute atomic E-state index is 0.0679. The Bertz CT molecular complexity index is 600. The van der Waals surface area contributed by atoms with Crippen molar-refractivity contribution in [2.24, 2.45) is 5.73 Å². The molecule has 112 valence electrons.